The van der Waals surface area contributed by atoms with Crippen LogP contribution >= 0.6 is 0 Å². The van der Waals surface area contributed by atoms with Gasteiger partial charge in [-0.3, -0.25) is 39.3 Å². The number of amides is 5. The summed E-state index contributed by atoms with van der Waals surface area (Å²) in [6.07, 6.45) is 4.19. The van der Waals surface area contributed by atoms with Crippen molar-refractivity contribution in [3.63, 3.8) is 0 Å². The number of ether oxygens (including phenoxy) is 1. The largest absolute Gasteiger partial charge is 0.381 e. The van der Waals surface area contributed by atoms with E-state index in [1.165, 1.54) is 12.1 Å². The van der Waals surface area contributed by atoms with Gasteiger partial charge in [-0.1, -0.05) is 12.1 Å². The van der Waals surface area contributed by atoms with Crippen LogP contribution < -0.4 is 20.9 Å². The Balaban J connectivity index is 0.765. The Hall–Kier alpha value is -6.52. The molecule has 0 bridgehead atoms. The molecule has 1 aromatic heterocycles. The molecule has 0 saturated carbocycles. The molecule has 4 N–H and O–H groups in total. The van der Waals surface area contributed by atoms with Crippen molar-refractivity contribution >= 4 is 57.6 Å². The predicted octanol–water partition coefficient (Wildman–Crippen LogP) is 5.99. The molecule has 4 aromatic carbocycles. The minimum Gasteiger partial charge on any atom is -0.381 e. The van der Waals surface area contributed by atoms with Crippen molar-refractivity contribution in [2.75, 3.05) is 61.5 Å². The Morgan fingerprint density at radius 2 is 1.58 bits per heavy atom. The first kappa shape index (κ1) is 41.5. The molecule has 0 spiro atoms. The quantitative estimate of drug-likeness (QED) is 0.116. The Kier molecular flexibility index (Phi) is 11.2. The number of carbonyl (C=O) groups is 5. The lowest BCUT2D eigenvalue weighted by Crippen LogP contribution is -2.54. The van der Waals surface area contributed by atoms with Gasteiger partial charge in [-0.2, -0.15) is 5.10 Å². The second-order valence-corrected chi connectivity index (χ2v) is 17.7. The number of aromatic amines is 1. The van der Waals surface area contributed by atoms with Crippen LogP contribution in [0, 0.1) is 17.6 Å². The third kappa shape index (κ3) is 8.34. The molecule has 10 rings (SSSR count). The first-order valence-electron chi connectivity index (χ1n) is 22.1. The lowest BCUT2D eigenvalue weighted by atomic mass is 9.87. The van der Waals surface area contributed by atoms with Crippen molar-refractivity contribution in [1.82, 2.24) is 25.3 Å². The number of benzene rings is 4. The molecule has 64 heavy (non-hydrogen) atoms. The van der Waals surface area contributed by atoms with Crippen LogP contribution in [0.5, 0.6) is 0 Å². The molecule has 5 aliphatic rings. The van der Waals surface area contributed by atoms with Crippen molar-refractivity contribution in [1.29, 1.82) is 0 Å². The van der Waals surface area contributed by atoms with Crippen molar-refractivity contribution in [3.8, 4) is 0 Å². The van der Waals surface area contributed by atoms with E-state index >= 15 is 0 Å². The van der Waals surface area contributed by atoms with Gasteiger partial charge in [0.2, 0.25) is 11.8 Å². The van der Waals surface area contributed by atoms with Crippen molar-refractivity contribution in [2.45, 2.75) is 62.9 Å². The predicted molar refractivity (Wildman–Crippen MR) is 234 cm³/mol. The lowest BCUT2D eigenvalue weighted by molar-refractivity contribution is -0.136. The first-order chi connectivity index (χ1) is 31.0. The zero-order valence-electron chi connectivity index (χ0n) is 35.1. The summed E-state index contributed by atoms with van der Waals surface area (Å²) in [5, 5.41) is 17.0. The minimum atomic E-state index is -0.982. The number of likely N-dealkylation sites (tertiary alicyclic amines) is 1. The third-order valence-electron chi connectivity index (χ3n) is 13.4. The van der Waals surface area contributed by atoms with Gasteiger partial charge in [0.25, 0.3) is 17.7 Å². The second kappa shape index (κ2) is 17.2. The number of carbonyl (C=O) groups excluding carboxylic acids is 5. The molecule has 5 amide bonds. The molecule has 6 heterocycles. The highest BCUT2D eigenvalue weighted by atomic mass is 19.1. The van der Waals surface area contributed by atoms with Gasteiger partial charge in [0, 0.05) is 87.1 Å². The van der Waals surface area contributed by atoms with Gasteiger partial charge in [-0.05, 0) is 116 Å². The third-order valence-corrected chi connectivity index (χ3v) is 13.4. The van der Waals surface area contributed by atoms with Crippen LogP contribution in [0.3, 0.4) is 0 Å². The molecule has 14 nitrogen and oxygen atoms in total. The topological polar surface area (TPSA) is 169 Å². The Morgan fingerprint density at radius 1 is 0.812 bits per heavy atom. The highest BCUT2D eigenvalue weighted by Gasteiger charge is 2.45. The van der Waals surface area contributed by atoms with Crippen LogP contribution in [0.15, 0.2) is 72.8 Å². The van der Waals surface area contributed by atoms with E-state index in [1.54, 1.807) is 12.1 Å². The average Bonchev–Trinajstić information content (AvgIpc) is 3.77. The van der Waals surface area contributed by atoms with E-state index < -0.39 is 41.3 Å². The molecule has 5 aliphatic heterocycles. The van der Waals surface area contributed by atoms with Gasteiger partial charge in [0.05, 0.1) is 22.2 Å². The Bertz CT molecular complexity index is 2670. The summed E-state index contributed by atoms with van der Waals surface area (Å²) < 4.78 is 33.4. The lowest BCUT2D eigenvalue weighted by Gasteiger charge is -2.43. The second-order valence-electron chi connectivity index (χ2n) is 17.7. The van der Waals surface area contributed by atoms with Crippen molar-refractivity contribution < 1.29 is 37.5 Å². The van der Waals surface area contributed by atoms with Crippen molar-refractivity contribution in [3.05, 3.63) is 118 Å². The summed E-state index contributed by atoms with van der Waals surface area (Å²) in [6, 6.07) is 19.6. The zero-order chi connectivity index (χ0) is 44.1. The fourth-order valence-electron chi connectivity index (χ4n) is 9.91. The number of piperidine rings is 2. The van der Waals surface area contributed by atoms with Crippen LogP contribution in [-0.4, -0.2) is 108 Å². The van der Waals surface area contributed by atoms with Crippen LogP contribution in [-0.2, 0) is 20.7 Å². The number of H-pyrrole nitrogens is 1. The zero-order valence-corrected chi connectivity index (χ0v) is 35.1. The average molecular weight is 871 g/mol. The molecule has 1 atom stereocenters. The summed E-state index contributed by atoms with van der Waals surface area (Å²) in [6.45, 7) is 5.72. The fourth-order valence-corrected chi connectivity index (χ4v) is 9.91. The fraction of sp³-hybridized carbons (Fsp3) is 0.375. The van der Waals surface area contributed by atoms with Crippen LogP contribution in [0.4, 0.5) is 26.0 Å². The van der Waals surface area contributed by atoms with Crippen molar-refractivity contribution in [2.24, 2.45) is 5.92 Å². The van der Waals surface area contributed by atoms with Crippen LogP contribution in [0.2, 0.25) is 0 Å². The number of nitrogens with one attached hydrogen (secondary N) is 4. The number of hydrogen-bond acceptors (Lipinski definition) is 10. The molecule has 16 heteroatoms. The molecule has 4 saturated heterocycles. The van der Waals surface area contributed by atoms with Gasteiger partial charge in [0.15, 0.2) is 5.82 Å². The maximum absolute atomic E-state index is 14.0. The Morgan fingerprint density at radius 3 is 2.34 bits per heavy atom. The maximum Gasteiger partial charge on any atom is 0.262 e. The molecular formula is C48H48F2N8O6. The van der Waals surface area contributed by atoms with E-state index in [4.69, 9.17) is 4.74 Å². The number of hydrogen-bond donors (Lipinski definition) is 4. The monoisotopic (exact) mass is 870 g/mol. The van der Waals surface area contributed by atoms with E-state index in [0.29, 0.717) is 59.0 Å². The number of rotatable bonds is 11. The molecule has 5 aromatic rings. The maximum atomic E-state index is 14.0. The highest BCUT2D eigenvalue weighted by Crippen LogP contribution is 2.36. The van der Waals surface area contributed by atoms with Gasteiger partial charge < -0.3 is 25.2 Å². The number of imide groups is 2. The highest BCUT2D eigenvalue weighted by molar-refractivity contribution is 6.23. The van der Waals surface area contributed by atoms with E-state index in [2.05, 4.69) is 42.0 Å². The Labute approximate surface area is 367 Å². The molecule has 0 radical (unpaired) electrons. The normalized spacial score (nSPS) is 20.1. The van der Waals surface area contributed by atoms with Crippen LogP contribution in [0.1, 0.15) is 92.2 Å². The number of aromatic nitrogens is 2. The molecular weight excluding hydrogens is 823 g/mol. The van der Waals surface area contributed by atoms with Gasteiger partial charge >= 0.3 is 0 Å². The molecule has 1 unspecified atom stereocenters. The first-order valence-corrected chi connectivity index (χ1v) is 22.1. The summed E-state index contributed by atoms with van der Waals surface area (Å²) >= 11 is 0. The molecule has 4 fully saturated rings. The number of nitrogens with zero attached hydrogens (tertiary/aromatic N) is 4. The summed E-state index contributed by atoms with van der Waals surface area (Å²) in [7, 11) is 0. The molecule has 330 valence electrons. The SMILES string of the molecule is O=C1CCC(N2C(=O)c3ccc(C4CN(CC5CCN(c6ccc(C(=O)Nc7n[nH]c8ccc(Cc9cc(F)cc(F)c9)cc78)c(NC7CCOCC7)c6)CC5)C4)cc3C2=O)C(=O)N1. The van der Waals surface area contributed by atoms with E-state index in [1.807, 2.05) is 36.4 Å². The van der Waals surface area contributed by atoms with E-state index in [-0.39, 0.29) is 30.7 Å². The number of halogens is 2. The van der Waals surface area contributed by atoms with Gasteiger partial charge in [-0.25, -0.2) is 8.78 Å². The van der Waals surface area contributed by atoms with E-state index in [9.17, 15) is 32.8 Å². The summed E-state index contributed by atoms with van der Waals surface area (Å²) in [4.78, 5) is 70.5. The smallest absolute Gasteiger partial charge is 0.262 e. The van der Waals surface area contributed by atoms with Crippen LogP contribution in [0.25, 0.3) is 10.9 Å². The molecule has 0 aliphatic carbocycles. The van der Waals surface area contributed by atoms with Gasteiger partial charge in [-0.15, -0.1) is 0 Å². The standard InChI is InChI=1S/C48H48F2N8O6/c49-32-18-29(19-33(50)22-32)17-28-1-6-40-39(20-28)44(55-54-40)53-45(60)37-5-3-35(23-41(37)51-34-11-15-64-16-12-34)57-13-9-27(10-14-57)24-56-25-31(26-56)30-2-4-36-38(21-30)48(63)58(47(36)62)42-7-8-43(59)52-46(42)61/h1-6,18-23,27,31,34,42,51H,7-17,24-26H2,(H,52,59,61)(H2,53,54,55,60). The van der Waals surface area contributed by atoms with Gasteiger partial charge in [0.1, 0.15) is 17.7 Å². The minimum absolute atomic E-state index is 0.0823. The summed E-state index contributed by atoms with van der Waals surface area (Å²) in [5.41, 5.74) is 5.92. The summed E-state index contributed by atoms with van der Waals surface area (Å²) in [5.74, 6) is -2.46. The van der Waals surface area contributed by atoms with E-state index in [0.717, 1.165) is 97.4 Å². The number of fused-ring (bicyclic) bond motifs is 2. The number of anilines is 3.